The zero-order valence-electron chi connectivity index (χ0n) is 13.8. The van der Waals surface area contributed by atoms with Crippen LogP contribution in [0.15, 0.2) is 18.2 Å². The number of carboxylic acids is 1. The predicted molar refractivity (Wildman–Crippen MR) is 87.5 cm³/mol. The Morgan fingerprint density at radius 3 is 2.50 bits per heavy atom. The number of carbonyl (C=O) groups excluding carboxylic acids is 1. The molecule has 0 unspecified atom stereocenters. The van der Waals surface area contributed by atoms with Gasteiger partial charge >= 0.3 is 5.97 Å². The van der Waals surface area contributed by atoms with Gasteiger partial charge < -0.3 is 19.9 Å². The minimum Gasteiger partial charge on any atom is -0.493 e. The summed E-state index contributed by atoms with van der Waals surface area (Å²) >= 11 is 0. The van der Waals surface area contributed by atoms with Crippen molar-refractivity contribution in [3.63, 3.8) is 0 Å². The fourth-order valence-corrected chi connectivity index (χ4v) is 3.30. The summed E-state index contributed by atoms with van der Waals surface area (Å²) in [5.41, 5.74) is 0.502. The second-order valence-electron chi connectivity index (χ2n) is 6.57. The molecule has 6 nitrogen and oxygen atoms in total. The van der Waals surface area contributed by atoms with Crippen LogP contribution < -0.4 is 14.8 Å². The Morgan fingerprint density at radius 1 is 1.17 bits per heavy atom. The molecule has 6 heteroatoms. The van der Waals surface area contributed by atoms with Gasteiger partial charge in [-0.25, -0.2) is 0 Å². The number of methoxy groups -OCH3 is 1. The van der Waals surface area contributed by atoms with Gasteiger partial charge in [0.1, 0.15) is 0 Å². The number of nitrogens with one attached hydrogen (secondary N) is 1. The second kappa shape index (κ2) is 7.11. The highest BCUT2D eigenvalue weighted by Crippen LogP contribution is 2.33. The van der Waals surface area contributed by atoms with E-state index in [1.165, 1.54) is 12.8 Å². The maximum Gasteiger partial charge on any atom is 0.306 e. The van der Waals surface area contributed by atoms with Gasteiger partial charge in [0.15, 0.2) is 11.5 Å². The van der Waals surface area contributed by atoms with Crippen LogP contribution in [0.5, 0.6) is 11.5 Å². The number of benzene rings is 1. The minimum absolute atomic E-state index is 0.0695. The molecule has 0 atom stereocenters. The van der Waals surface area contributed by atoms with E-state index in [0.717, 1.165) is 12.8 Å². The van der Waals surface area contributed by atoms with E-state index in [0.29, 0.717) is 29.9 Å². The molecule has 1 amide bonds. The number of hydrogen-bond acceptors (Lipinski definition) is 4. The first-order valence-corrected chi connectivity index (χ1v) is 8.45. The SMILES string of the molecule is COc1ccc(C(=O)NC2CC(C(=O)O)C2)cc1OC1CCCC1. The Balaban J connectivity index is 1.64. The molecule has 0 bridgehead atoms. The van der Waals surface area contributed by atoms with Gasteiger partial charge in [0.05, 0.1) is 19.1 Å². The predicted octanol–water partition coefficient (Wildman–Crippen LogP) is 2.61. The Bertz CT molecular complexity index is 618. The lowest BCUT2D eigenvalue weighted by Crippen LogP contribution is -2.46. The summed E-state index contributed by atoms with van der Waals surface area (Å²) in [6.07, 6.45) is 5.54. The summed E-state index contributed by atoms with van der Waals surface area (Å²) in [5.74, 6) is -0.130. The van der Waals surface area contributed by atoms with Crippen LogP contribution in [-0.2, 0) is 4.79 Å². The van der Waals surface area contributed by atoms with E-state index in [-0.39, 0.29) is 24.0 Å². The quantitative estimate of drug-likeness (QED) is 0.836. The van der Waals surface area contributed by atoms with Gasteiger partial charge in [-0.05, 0) is 56.7 Å². The lowest BCUT2D eigenvalue weighted by Gasteiger charge is -2.32. The fourth-order valence-electron chi connectivity index (χ4n) is 3.30. The Hall–Kier alpha value is -2.24. The Labute approximate surface area is 141 Å². The molecule has 2 aliphatic carbocycles. The number of hydrogen-bond donors (Lipinski definition) is 2. The summed E-state index contributed by atoms with van der Waals surface area (Å²) in [6.45, 7) is 0. The summed E-state index contributed by atoms with van der Waals surface area (Å²) in [4.78, 5) is 23.2. The highest BCUT2D eigenvalue weighted by molar-refractivity contribution is 5.95. The molecule has 24 heavy (non-hydrogen) atoms. The standard InChI is InChI=1S/C18H23NO5/c1-23-15-7-6-11(10-16(15)24-14-4-2-3-5-14)17(20)19-13-8-12(9-13)18(21)22/h6-7,10,12-14H,2-5,8-9H2,1H3,(H,19,20)(H,21,22). The van der Waals surface area contributed by atoms with E-state index in [4.69, 9.17) is 14.6 Å². The average Bonchev–Trinajstić information content (AvgIpc) is 3.02. The third kappa shape index (κ3) is 3.63. The lowest BCUT2D eigenvalue weighted by atomic mass is 9.80. The van der Waals surface area contributed by atoms with Gasteiger partial charge in [0, 0.05) is 11.6 Å². The van der Waals surface area contributed by atoms with Crippen LogP contribution in [0.25, 0.3) is 0 Å². The topological polar surface area (TPSA) is 84.9 Å². The molecular weight excluding hydrogens is 310 g/mol. The lowest BCUT2D eigenvalue weighted by molar-refractivity contribution is -0.145. The summed E-state index contributed by atoms with van der Waals surface area (Å²) in [7, 11) is 1.58. The van der Waals surface area contributed by atoms with Crippen molar-refractivity contribution in [2.45, 2.75) is 50.7 Å². The number of carbonyl (C=O) groups is 2. The normalized spacial score (nSPS) is 23.4. The summed E-state index contributed by atoms with van der Waals surface area (Å²) < 4.78 is 11.3. The van der Waals surface area contributed by atoms with Crippen molar-refractivity contribution in [1.29, 1.82) is 0 Å². The third-order valence-corrected chi connectivity index (χ3v) is 4.84. The van der Waals surface area contributed by atoms with Gasteiger partial charge in [-0.15, -0.1) is 0 Å². The maximum absolute atomic E-state index is 12.4. The van der Waals surface area contributed by atoms with Crippen molar-refractivity contribution in [3.05, 3.63) is 23.8 Å². The molecule has 1 aromatic rings. The van der Waals surface area contributed by atoms with Crippen LogP contribution in [0, 0.1) is 5.92 Å². The number of carboxylic acid groups (broad SMARTS) is 1. The highest BCUT2D eigenvalue weighted by Gasteiger charge is 2.35. The van der Waals surface area contributed by atoms with Gasteiger partial charge in [-0.2, -0.15) is 0 Å². The zero-order chi connectivity index (χ0) is 17.1. The van der Waals surface area contributed by atoms with E-state index in [2.05, 4.69) is 5.32 Å². The first-order chi connectivity index (χ1) is 11.6. The molecule has 0 spiro atoms. The molecule has 2 aliphatic rings. The van der Waals surface area contributed by atoms with Gasteiger partial charge in [0.2, 0.25) is 0 Å². The van der Waals surface area contributed by atoms with Crippen molar-refractivity contribution < 1.29 is 24.2 Å². The first-order valence-electron chi connectivity index (χ1n) is 8.45. The van der Waals surface area contributed by atoms with E-state index >= 15 is 0 Å². The monoisotopic (exact) mass is 333 g/mol. The van der Waals surface area contributed by atoms with Crippen LogP contribution in [-0.4, -0.2) is 36.2 Å². The number of amides is 1. The van der Waals surface area contributed by atoms with Crippen LogP contribution in [0.1, 0.15) is 48.9 Å². The van der Waals surface area contributed by atoms with Crippen LogP contribution in [0.3, 0.4) is 0 Å². The van der Waals surface area contributed by atoms with Gasteiger partial charge in [0.25, 0.3) is 5.91 Å². The van der Waals surface area contributed by atoms with E-state index in [9.17, 15) is 9.59 Å². The molecule has 2 fully saturated rings. The maximum atomic E-state index is 12.4. The summed E-state index contributed by atoms with van der Waals surface area (Å²) in [5, 5.41) is 11.8. The van der Waals surface area contributed by atoms with E-state index in [1.807, 2.05) is 0 Å². The number of ether oxygens (including phenoxy) is 2. The number of aliphatic carboxylic acids is 1. The number of rotatable bonds is 6. The fraction of sp³-hybridized carbons (Fsp3) is 0.556. The summed E-state index contributed by atoms with van der Waals surface area (Å²) in [6, 6.07) is 5.07. The molecule has 130 valence electrons. The van der Waals surface area contributed by atoms with Crippen molar-refractivity contribution in [2.24, 2.45) is 5.92 Å². The molecule has 0 aromatic heterocycles. The van der Waals surface area contributed by atoms with Crippen molar-refractivity contribution in [2.75, 3.05) is 7.11 Å². The Morgan fingerprint density at radius 2 is 1.88 bits per heavy atom. The molecule has 2 saturated carbocycles. The molecule has 0 aliphatic heterocycles. The molecule has 3 rings (SSSR count). The van der Waals surface area contributed by atoms with Crippen molar-refractivity contribution >= 4 is 11.9 Å². The van der Waals surface area contributed by atoms with Crippen LogP contribution in [0.4, 0.5) is 0 Å². The van der Waals surface area contributed by atoms with Crippen molar-refractivity contribution in [3.8, 4) is 11.5 Å². The minimum atomic E-state index is -0.794. The van der Waals surface area contributed by atoms with Crippen LogP contribution in [0.2, 0.25) is 0 Å². The van der Waals surface area contributed by atoms with Crippen molar-refractivity contribution in [1.82, 2.24) is 5.32 Å². The first kappa shape index (κ1) is 16.6. The van der Waals surface area contributed by atoms with Gasteiger partial charge in [-0.3, -0.25) is 9.59 Å². The smallest absolute Gasteiger partial charge is 0.306 e. The molecule has 1 aromatic carbocycles. The molecule has 2 N–H and O–H groups in total. The second-order valence-corrected chi connectivity index (χ2v) is 6.57. The molecule has 0 heterocycles. The molecular formula is C18H23NO5. The third-order valence-electron chi connectivity index (χ3n) is 4.84. The van der Waals surface area contributed by atoms with Gasteiger partial charge in [-0.1, -0.05) is 0 Å². The highest BCUT2D eigenvalue weighted by atomic mass is 16.5. The largest absolute Gasteiger partial charge is 0.493 e. The van der Waals surface area contributed by atoms with Crippen LogP contribution >= 0.6 is 0 Å². The molecule has 0 radical (unpaired) electrons. The average molecular weight is 333 g/mol. The Kier molecular flexibility index (Phi) is 4.92. The molecule has 0 saturated heterocycles. The zero-order valence-corrected chi connectivity index (χ0v) is 13.8. The van der Waals surface area contributed by atoms with E-state index in [1.54, 1.807) is 25.3 Å². The van der Waals surface area contributed by atoms with E-state index < -0.39 is 5.97 Å².